The predicted octanol–water partition coefficient (Wildman–Crippen LogP) is 5.10. The molecule has 0 saturated carbocycles. The average Bonchev–Trinajstić information content (AvgIpc) is 2.54. The van der Waals surface area contributed by atoms with E-state index in [1.165, 1.54) is 11.6 Å². The van der Waals surface area contributed by atoms with Crippen LogP contribution in [0.15, 0.2) is 42.5 Å². The first-order valence-corrected chi connectivity index (χ1v) is 8.50. The summed E-state index contributed by atoms with van der Waals surface area (Å²) in [6.45, 7) is 8.51. The van der Waals surface area contributed by atoms with Gasteiger partial charge in [-0.25, -0.2) is 4.39 Å². The van der Waals surface area contributed by atoms with Crippen LogP contribution < -0.4 is 4.90 Å². The Morgan fingerprint density at radius 1 is 1.12 bits per heavy atom. The molecule has 0 fully saturated rings. The molecule has 0 saturated heterocycles. The quantitative estimate of drug-likeness (QED) is 0.714. The highest BCUT2D eigenvalue weighted by Crippen LogP contribution is 2.33. The van der Waals surface area contributed by atoms with Crippen LogP contribution in [-0.2, 0) is 11.8 Å². The highest BCUT2D eigenvalue weighted by molar-refractivity contribution is 6.07. The van der Waals surface area contributed by atoms with E-state index in [-0.39, 0.29) is 23.2 Å². The van der Waals surface area contributed by atoms with Crippen LogP contribution in [-0.4, -0.2) is 11.9 Å². The molecule has 1 amide bonds. The van der Waals surface area contributed by atoms with E-state index in [2.05, 4.69) is 20.8 Å². The van der Waals surface area contributed by atoms with E-state index in [1.54, 1.807) is 12.1 Å². The van der Waals surface area contributed by atoms with Gasteiger partial charge in [-0.2, -0.15) is 0 Å². The molecule has 0 unspecified atom stereocenters. The molecule has 0 N–H and O–H groups in total. The van der Waals surface area contributed by atoms with Gasteiger partial charge in [0.2, 0.25) is 0 Å². The third kappa shape index (κ3) is 3.08. The Hall–Kier alpha value is -2.16. The van der Waals surface area contributed by atoms with E-state index in [0.717, 1.165) is 24.1 Å². The summed E-state index contributed by atoms with van der Waals surface area (Å²) in [4.78, 5) is 14.9. The molecule has 126 valence electrons. The lowest BCUT2D eigenvalue weighted by molar-refractivity contribution is 0.0975. The van der Waals surface area contributed by atoms with Gasteiger partial charge >= 0.3 is 0 Å². The van der Waals surface area contributed by atoms with Crippen molar-refractivity contribution in [3.8, 4) is 0 Å². The van der Waals surface area contributed by atoms with Crippen molar-refractivity contribution in [2.45, 2.75) is 52.0 Å². The molecule has 2 aromatic rings. The Bertz CT molecular complexity index is 758. The van der Waals surface area contributed by atoms with Crippen molar-refractivity contribution in [2.24, 2.45) is 0 Å². The fraction of sp³-hybridized carbons (Fsp3) is 0.381. The number of carbonyl (C=O) groups is 1. The predicted molar refractivity (Wildman–Crippen MR) is 96.1 cm³/mol. The molecular weight excluding hydrogens is 301 g/mol. The van der Waals surface area contributed by atoms with Crippen molar-refractivity contribution >= 4 is 11.6 Å². The number of benzene rings is 2. The van der Waals surface area contributed by atoms with Crippen molar-refractivity contribution in [3.05, 3.63) is 65.0 Å². The third-order valence-electron chi connectivity index (χ3n) is 4.79. The van der Waals surface area contributed by atoms with Crippen LogP contribution in [0, 0.1) is 5.82 Å². The first kappa shape index (κ1) is 16.7. The van der Waals surface area contributed by atoms with Gasteiger partial charge in [0.15, 0.2) is 0 Å². The smallest absolute Gasteiger partial charge is 0.258 e. The number of hydrogen-bond donors (Lipinski definition) is 0. The number of hydrogen-bond acceptors (Lipinski definition) is 1. The monoisotopic (exact) mass is 325 g/mol. The summed E-state index contributed by atoms with van der Waals surface area (Å²) in [5.74, 6) is -0.263. The molecule has 3 rings (SSSR count). The molecule has 2 nitrogen and oxygen atoms in total. The van der Waals surface area contributed by atoms with Gasteiger partial charge < -0.3 is 4.90 Å². The molecule has 0 spiro atoms. The zero-order chi connectivity index (χ0) is 17.5. The summed E-state index contributed by atoms with van der Waals surface area (Å²) in [6.07, 6.45) is 1.66. The average molecular weight is 325 g/mol. The van der Waals surface area contributed by atoms with Gasteiger partial charge in [-0.05, 0) is 66.6 Å². The molecule has 1 aliphatic heterocycles. The van der Waals surface area contributed by atoms with Crippen LogP contribution in [0.3, 0.4) is 0 Å². The summed E-state index contributed by atoms with van der Waals surface area (Å²) in [5.41, 5.74) is 3.68. The zero-order valence-electron chi connectivity index (χ0n) is 14.8. The van der Waals surface area contributed by atoms with Crippen molar-refractivity contribution < 1.29 is 9.18 Å². The Morgan fingerprint density at radius 2 is 1.79 bits per heavy atom. The topological polar surface area (TPSA) is 20.3 Å². The number of aryl methyl sites for hydroxylation is 1. The van der Waals surface area contributed by atoms with Crippen molar-refractivity contribution in [1.29, 1.82) is 0 Å². The Morgan fingerprint density at radius 3 is 2.42 bits per heavy atom. The van der Waals surface area contributed by atoms with Crippen LogP contribution in [0.5, 0.6) is 0 Å². The van der Waals surface area contributed by atoms with E-state index in [0.29, 0.717) is 5.56 Å². The molecule has 1 atom stereocenters. The summed E-state index contributed by atoms with van der Waals surface area (Å²) in [6, 6.07) is 12.6. The van der Waals surface area contributed by atoms with E-state index in [1.807, 2.05) is 36.1 Å². The van der Waals surface area contributed by atoms with E-state index >= 15 is 0 Å². The highest BCUT2D eigenvalue weighted by atomic mass is 19.1. The molecular formula is C21H24FNO. The standard InChI is InChI=1S/C21H24FNO/c1-14-5-6-16-13-18(22)11-12-19(16)23(14)20(24)15-7-9-17(10-8-15)21(2,3)4/h7-14H,5-6H2,1-4H3/t14-/m0/s1. The first-order chi connectivity index (χ1) is 11.3. The maximum Gasteiger partial charge on any atom is 0.258 e. The number of anilines is 1. The van der Waals surface area contributed by atoms with Gasteiger partial charge in [-0.1, -0.05) is 32.9 Å². The maximum absolute atomic E-state index is 13.5. The van der Waals surface area contributed by atoms with Crippen LogP contribution in [0.4, 0.5) is 10.1 Å². The van der Waals surface area contributed by atoms with E-state index in [4.69, 9.17) is 0 Å². The molecule has 3 heteroatoms. The van der Waals surface area contributed by atoms with Crippen molar-refractivity contribution in [2.75, 3.05) is 4.90 Å². The second-order valence-electron chi connectivity index (χ2n) is 7.66. The molecule has 1 heterocycles. The lowest BCUT2D eigenvalue weighted by atomic mass is 9.86. The fourth-order valence-electron chi connectivity index (χ4n) is 3.28. The van der Waals surface area contributed by atoms with Gasteiger partial charge in [0.05, 0.1) is 0 Å². The SMILES string of the molecule is C[C@H]1CCc2cc(F)ccc2N1C(=O)c1ccc(C(C)(C)C)cc1. The molecule has 24 heavy (non-hydrogen) atoms. The van der Waals surface area contributed by atoms with Crippen LogP contribution in [0.25, 0.3) is 0 Å². The molecule has 0 radical (unpaired) electrons. The van der Waals surface area contributed by atoms with Crippen LogP contribution in [0.1, 0.15) is 55.6 Å². The number of fused-ring (bicyclic) bond motifs is 1. The highest BCUT2D eigenvalue weighted by Gasteiger charge is 2.29. The van der Waals surface area contributed by atoms with Crippen molar-refractivity contribution in [3.63, 3.8) is 0 Å². The Kier molecular flexibility index (Phi) is 4.20. The van der Waals surface area contributed by atoms with E-state index in [9.17, 15) is 9.18 Å². The van der Waals surface area contributed by atoms with Gasteiger partial charge in [-0.15, -0.1) is 0 Å². The van der Waals surface area contributed by atoms with Gasteiger partial charge in [-0.3, -0.25) is 4.79 Å². The minimum absolute atomic E-state index is 0.0180. The zero-order valence-corrected chi connectivity index (χ0v) is 14.8. The second-order valence-corrected chi connectivity index (χ2v) is 7.66. The number of carbonyl (C=O) groups excluding carboxylic acids is 1. The number of amides is 1. The number of rotatable bonds is 1. The molecule has 0 bridgehead atoms. The lowest BCUT2D eigenvalue weighted by Gasteiger charge is -2.35. The van der Waals surface area contributed by atoms with E-state index < -0.39 is 0 Å². The fourth-order valence-corrected chi connectivity index (χ4v) is 3.28. The molecule has 0 aromatic heterocycles. The largest absolute Gasteiger partial charge is 0.305 e. The van der Waals surface area contributed by atoms with Gasteiger partial charge in [0.1, 0.15) is 5.82 Å². The molecule has 2 aromatic carbocycles. The first-order valence-electron chi connectivity index (χ1n) is 8.50. The maximum atomic E-state index is 13.5. The molecule has 1 aliphatic rings. The number of halogens is 1. The summed E-state index contributed by atoms with van der Waals surface area (Å²) >= 11 is 0. The summed E-state index contributed by atoms with van der Waals surface area (Å²) in [5, 5.41) is 0. The van der Waals surface area contributed by atoms with Gasteiger partial charge in [0, 0.05) is 17.3 Å². The second kappa shape index (κ2) is 6.04. The molecule has 0 aliphatic carbocycles. The minimum atomic E-state index is -0.245. The van der Waals surface area contributed by atoms with Crippen molar-refractivity contribution in [1.82, 2.24) is 0 Å². The van der Waals surface area contributed by atoms with Crippen LogP contribution in [0.2, 0.25) is 0 Å². The van der Waals surface area contributed by atoms with Gasteiger partial charge in [0.25, 0.3) is 5.91 Å². The Labute approximate surface area is 143 Å². The van der Waals surface area contributed by atoms with Crippen LogP contribution >= 0.6 is 0 Å². The third-order valence-corrected chi connectivity index (χ3v) is 4.79. The number of nitrogens with zero attached hydrogens (tertiary/aromatic N) is 1. The normalized spacial score (nSPS) is 17.5. The lowest BCUT2D eigenvalue weighted by Crippen LogP contribution is -2.42. The Balaban J connectivity index is 1.95. The summed E-state index contributed by atoms with van der Waals surface area (Å²) in [7, 11) is 0. The minimum Gasteiger partial charge on any atom is -0.305 e. The summed E-state index contributed by atoms with van der Waals surface area (Å²) < 4.78 is 13.5.